The third-order valence-corrected chi connectivity index (χ3v) is 6.49. The second-order valence-electron chi connectivity index (χ2n) is 6.26. The molecule has 28 heavy (non-hydrogen) atoms. The number of rotatable bonds is 9. The molecule has 3 rings (SSSR count). The molecule has 1 N–H and O–H groups in total. The highest BCUT2D eigenvalue weighted by atomic mass is 32.2. The first-order valence-electron chi connectivity index (χ1n) is 9.08. The normalized spacial score (nSPS) is 11.8. The van der Waals surface area contributed by atoms with Crippen molar-refractivity contribution in [1.82, 2.24) is 18.9 Å². The van der Waals surface area contributed by atoms with Gasteiger partial charge in [0.25, 0.3) is 0 Å². The average Bonchev–Trinajstić information content (AvgIpc) is 3.10. The maximum Gasteiger partial charge on any atom is 0.244 e. The molecule has 0 amide bonds. The Kier molecular flexibility index (Phi) is 6.05. The van der Waals surface area contributed by atoms with Crippen molar-refractivity contribution in [2.24, 2.45) is 4.99 Å². The van der Waals surface area contributed by atoms with Crippen LogP contribution in [0.3, 0.4) is 0 Å². The summed E-state index contributed by atoms with van der Waals surface area (Å²) in [6.07, 6.45) is 1.56. The van der Waals surface area contributed by atoms with E-state index in [0.717, 1.165) is 11.1 Å². The predicted molar refractivity (Wildman–Crippen MR) is 110 cm³/mol. The number of fused-ring (bicyclic) bond motifs is 1. The number of sulfonamides is 1. The molecule has 9 heteroatoms. The SMILES string of the molecule is C=NCc1cccc(CNc2nnc3ccc(S(=O)(=O)N(CC)CC)cn23)c1. The zero-order valence-corrected chi connectivity index (χ0v) is 16.9. The van der Waals surface area contributed by atoms with Crippen LogP contribution in [-0.4, -0.2) is 47.1 Å². The summed E-state index contributed by atoms with van der Waals surface area (Å²) in [4.78, 5) is 4.11. The highest BCUT2D eigenvalue weighted by molar-refractivity contribution is 7.89. The maximum atomic E-state index is 12.8. The summed E-state index contributed by atoms with van der Waals surface area (Å²) in [5.41, 5.74) is 2.71. The number of anilines is 1. The van der Waals surface area contributed by atoms with Gasteiger partial charge in [-0.1, -0.05) is 38.1 Å². The van der Waals surface area contributed by atoms with Crippen molar-refractivity contribution < 1.29 is 8.42 Å². The van der Waals surface area contributed by atoms with Crippen LogP contribution in [0, 0.1) is 0 Å². The molecule has 0 saturated carbocycles. The van der Waals surface area contributed by atoms with E-state index >= 15 is 0 Å². The van der Waals surface area contributed by atoms with Gasteiger partial charge in [-0.3, -0.25) is 9.39 Å². The van der Waals surface area contributed by atoms with Crippen LogP contribution in [0.25, 0.3) is 5.65 Å². The van der Waals surface area contributed by atoms with Gasteiger partial charge in [-0.05, 0) is 30.0 Å². The van der Waals surface area contributed by atoms with Gasteiger partial charge in [0.15, 0.2) is 5.65 Å². The Hall–Kier alpha value is -2.78. The van der Waals surface area contributed by atoms with Gasteiger partial charge >= 0.3 is 0 Å². The van der Waals surface area contributed by atoms with Crippen molar-refractivity contribution in [1.29, 1.82) is 0 Å². The van der Waals surface area contributed by atoms with Crippen molar-refractivity contribution in [2.45, 2.75) is 31.8 Å². The molecule has 3 aromatic rings. The van der Waals surface area contributed by atoms with Gasteiger partial charge in [-0.2, -0.15) is 4.31 Å². The third kappa shape index (κ3) is 4.05. The molecule has 0 atom stereocenters. The van der Waals surface area contributed by atoms with E-state index in [1.165, 1.54) is 4.31 Å². The minimum absolute atomic E-state index is 0.214. The van der Waals surface area contributed by atoms with Crippen molar-refractivity contribution >= 4 is 28.3 Å². The summed E-state index contributed by atoms with van der Waals surface area (Å²) >= 11 is 0. The second kappa shape index (κ2) is 8.49. The molecule has 0 radical (unpaired) electrons. The molecule has 0 unspecified atom stereocenters. The predicted octanol–water partition coefficient (Wildman–Crippen LogP) is 2.57. The Bertz CT molecular complexity index is 1070. The van der Waals surface area contributed by atoms with Gasteiger partial charge in [-0.15, -0.1) is 10.2 Å². The van der Waals surface area contributed by atoms with Gasteiger partial charge in [-0.25, -0.2) is 8.42 Å². The number of benzene rings is 1. The van der Waals surface area contributed by atoms with E-state index in [2.05, 4.69) is 27.2 Å². The first kappa shape index (κ1) is 20.0. The van der Waals surface area contributed by atoms with E-state index in [4.69, 9.17) is 0 Å². The summed E-state index contributed by atoms with van der Waals surface area (Å²) in [6.45, 7) is 9.08. The number of aliphatic imine (C=N–C) groups is 1. The molecular weight excluding hydrogens is 376 g/mol. The number of hydrogen-bond acceptors (Lipinski definition) is 6. The van der Waals surface area contributed by atoms with Crippen LogP contribution in [0.2, 0.25) is 0 Å². The molecule has 148 valence electrons. The van der Waals surface area contributed by atoms with E-state index in [-0.39, 0.29) is 4.90 Å². The molecule has 0 aliphatic rings. The Morgan fingerprint density at radius 1 is 1.14 bits per heavy atom. The van der Waals surface area contributed by atoms with Gasteiger partial charge < -0.3 is 5.32 Å². The van der Waals surface area contributed by atoms with Crippen LogP contribution in [0.15, 0.2) is 52.5 Å². The lowest BCUT2D eigenvalue weighted by molar-refractivity contribution is 0.445. The fourth-order valence-corrected chi connectivity index (χ4v) is 4.46. The zero-order valence-electron chi connectivity index (χ0n) is 16.0. The molecule has 2 aromatic heterocycles. The topological polar surface area (TPSA) is 92.0 Å². The molecule has 0 aliphatic heterocycles. The first-order valence-corrected chi connectivity index (χ1v) is 10.5. The van der Waals surface area contributed by atoms with Crippen LogP contribution in [0.4, 0.5) is 5.95 Å². The lowest BCUT2D eigenvalue weighted by atomic mass is 10.1. The summed E-state index contributed by atoms with van der Waals surface area (Å²) < 4.78 is 28.7. The Morgan fingerprint density at radius 3 is 2.61 bits per heavy atom. The Morgan fingerprint density at radius 2 is 1.89 bits per heavy atom. The van der Waals surface area contributed by atoms with Gasteiger partial charge in [0, 0.05) is 25.8 Å². The number of pyridine rings is 1. The third-order valence-electron chi connectivity index (χ3n) is 4.45. The van der Waals surface area contributed by atoms with Gasteiger partial charge in [0.05, 0.1) is 11.4 Å². The number of nitrogens with zero attached hydrogens (tertiary/aromatic N) is 5. The molecule has 0 bridgehead atoms. The zero-order chi connectivity index (χ0) is 20.1. The highest BCUT2D eigenvalue weighted by Crippen LogP contribution is 2.19. The van der Waals surface area contributed by atoms with Crippen molar-refractivity contribution in [3.63, 3.8) is 0 Å². The molecule has 1 aromatic carbocycles. The second-order valence-corrected chi connectivity index (χ2v) is 8.20. The van der Waals surface area contributed by atoms with Crippen molar-refractivity contribution in [2.75, 3.05) is 18.4 Å². The van der Waals surface area contributed by atoms with Gasteiger partial charge in [0.1, 0.15) is 0 Å². The largest absolute Gasteiger partial charge is 0.350 e. The van der Waals surface area contributed by atoms with Gasteiger partial charge in [0.2, 0.25) is 16.0 Å². The molecule has 0 spiro atoms. The smallest absolute Gasteiger partial charge is 0.244 e. The monoisotopic (exact) mass is 400 g/mol. The Balaban J connectivity index is 1.87. The number of aromatic nitrogens is 3. The van der Waals surface area contributed by atoms with Crippen LogP contribution >= 0.6 is 0 Å². The molecule has 0 fully saturated rings. The number of hydrogen-bond donors (Lipinski definition) is 1. The van der Waals surface area contributed by atoms with Crippen LogP contribution in [-0.2, 0) is 23.1 Å². The quantitative estimate of drug-likeness (QED) is 0.558. The van der Waals surface area contributed by atoms with E-state index in [1.807, 2.05) is 38.1 Å². The maximum absolute atomic E-state index is 12.8. The van der Waals surface area contributed by atoms with Crippen LogP contribution in [0.5, 0.6) is 0 Å². The molecule has 0 aliphatic carbocycles. The van der Waals surface area contributed by atoms with Crippen molar-refractivity contribution in [3.05, 3.63) is 53.7 Å². The standard InChI is InChI=1S/C19H24N6O2S/c1-4-24(5-2)28(26,27)17-9-10-18-22-23-19(25(18)14-17)21-13-16-8-6-7-15(11-16)12-20-3/h6-11,14H,3-5,12-13H2,1-2H3,(H,21,23). The lowest BCUT2D eigenvalue weighted by Crippen LogP contribution is -2.30. The van der Waals surface area contributed by atoms with Crippen LogP contribution < -0.4 is 5.32 Å². The van der Waals surface area contributed by atoms with E-state index in [1.54, 1.807) is 22.7 Å². The Labute approximate surface area is 165 Å². The minimum Gasteiger partial charge on any atom is -0.350 e. The minimum atomic E-state index is -3.55. The summed E-state index contributed by atoms with van der Waals surface area (Å²) in [5, 5.41) is 11.5. The highest BCUT2D eigenvalue weighted by Gasteiger charge is 2.22. The average molecular weight is 401 g/mol. The molecular formula is C19H24N6O2S. The molecule has 0 saturated heterocycles. The lowest BCUT2D eigenvalue weighted by Gasteiger charge is -2.18. The fourth-order valence-electron chi connectivity index (χ4n) is 3.01. The summed E-state index contributed by atoms with van der Waals surface area (Å²) in [7, 11) is -3.55. The van der Waals surface area contributed by atoms with Crippen molar-refractivity contribution in [3.8, 4) is 0 Å². The van der Waals surface area contributed by atoms with E-state index in [9.17, 15) is 8.42 Å². The summed E-state index contributed by atoms with van der Waals surface area (Å²) in [6, 6.07) is 11.2. The summed E-state index contributed by atoms with van der Waals surface area (Å²) in [5.74, 6) is 0.485. The first-order chi connectivity index (χ1) is 13.5. The van der Waals surface area contributed by atoms with E-state index < -0.39 is 10.0 Å². The van der Waals surface area contributed by atoms with E-state index in [0.29, 0.717) is 37.8 Å². The molecule has 2 heterocycles. The van der Waals surface area contributed by atoms with Crippen LogP contribution in [0.1, 0.15) is 25.0 Å². The molecule has 8 nitrogen and oxygen atoms in total. The fraction of sp³-hybridized carbons (Fsp3) is 0.316. The number of nitrogens with one attached hydrogen (secondary N) is 1.